The van der Waals surface area contributed by atoms with Crippen molar-refractivity contribution in [3.63, 3.8) is 0 Å². The van der Waals surface area contributed by atoms with Gasteiger partial charge >= 0.3 is 0 Å². The van der Waals surface area contributed by atoms with E-state index in [1.165, 1.54) is 0 Å². The first-order valence-corrected chi connectivity index (χ1v) is 7.26. The highest BCUT2D eigenvalue weighted by atomic mass is 16.5. The van der Waals surface area contributed by atoms with Crippen LogP contribution in [-0.4, -0.2) is 26.2 Å². The average Bonchev–Trinajstić information content (AvgIpc) is 2.59. The Morgan fingerprint density at radius 2 is 1.83 bits per heavy atom. The van der Waals surface area contributed by atoms with Crippen molar-refractivity contribution in [3.05, 3.63) is 53.6 Å². The molecule has 0 aromatic heterocycles. The maximum atomic E-state index is 11.8. The molecule has 0 fully saturated rings. The summed E-state index contributed by atoms with van der Waals surface area (Å²) >= 11 is 0. The minimum Gasteiger partial charge on any atom is -0.497 e. The Balaban J connectivity index is 1.89. The predicted octanol–water partition coefficient (Wildman–Crippen LogP) is 2.10. The molecule has 0 atom stereocenters. The SMILES string of the molecule is COc1ccc(OCCNc2ccc(C)cc2C(=O)NN)cc1. The molecule has 23 heavy (non-hydrogen) atoms. The van der Waals surface area contributed by atoms with E-state index in [2.05, 4.69) is 10.7 Å². The molecule has 2 aromatic carbocycles. The highest BCUT2D eigenvalue weighted by molar-refractivity contribution is 5.99. The molecule has 0 radical (unpaired) electrons. The van der Waals surface area contributed by atoms with Crippen molar-refractivity contribution in [2.75, 3.05) is 25.6 Å². The number of benzene rings is 2. The normalized spacial score (nSPS) is 10.0. The third kappa shape index (κ3) is 4.62. The Bertz CT molecular complexity index is 657. The summed E-state index contributed by atoms with van der Waals surface area (Å²) < 4.78 is 10.7. The fraction of sp³-hybridized carbons (Fsp3) is 0.235. The number of ether oxygens (including phenoxy) is 2. The number of nitrogen functional groups attached to an aromatic ring is 1. The Hall–Kier alpha value is -2.73. The van der Waals surface area contributed by atoms with Gasteiger partial charge in [0.05, 0.1) is 12.7 Å². The van der Waals surface area contributed by atoms with Crippen LogP contribution in [-0.2, 0) is 0 Å². The number of hydrogen-bond donors (Lipinski definition) is 3. The minimum absolute atomic E-state index is 0.327. The standard InChI is InChI=1S/C17H21N3O3/c1-12-3-8-16(15(11-12)17(21)20-18)19-9-10-23-14-6-4-13(22-2)5-7-14/h3-8,11,19H,9-10,18H2,1-2H3,(H,20,21). The van der Waals surface area contributed by atoms with Gasteiger partial charge in [0, 0.05) is 12.2 Å². The molecule has 0 aliphatic heterocycles. The number of rotatable bonds is 7. The van der Waals surface area contributed by atoms with Crippen LogP contribution in [0.2, 0.25) is 0 Å². The smallest absolute Gasteiger partial charge is 0.267 e. The maximum absolute atomic E-state index is 11.8. The van der Waals surface area contributed by atoms with E-state index >= 15 is 0 Å². The molecule has 6 heteroatoms. The summed E-state index contributed by atoms with van der Waals surface area (Å²) in [6.45, 7) is 2.94. The van der Waals surface area contributed by atoms with Gasteiger partial charge in [-0.15, -0.1) is 0 Å². The van der Waals surface area contributed by atoms with Crippen LogP contribution in [0.1, 0.15) is 15.9 Å². The summed E-state index contributed by atoms with van der Waals surface area (Å²) in [5, 5.41) is 3.18. The number of hydrogen-bond acceptors (Lipinski definition) is 5. The highest BCUT2D eigenvalue weighted by Crippen LogP contribution is 2.18. The zero-order valence-corrected chi connectivity index (χ0v) is 13.3. The zero-order chi connectivity index (χ0) is 16.7. The fourth-order valence-corrected chi connectivity index (χ4v) is 2.10. The molecule has 0 bridgehead atoms. The zero-order valence-electron chi connectivity index (χ0n) is 13.3. The number of nitrogens with two attached hydrogens (primary N) is 1. The number of carbonyl (C=O) groups excluding carboxylic acids is 1. The number of methoxy groups -OCH3 is 1. The van der Waals surface area contributed by atoms with Crippen molar-refractivity contribution in [3.8, 4) is 11.5 Å². The van der Waals surface area contributed by atoms with Crippen LogP contribution in [0.25, 0.3) is 0 Å². The number of aryl methyl sites for hydroxylation is 1. The van der Waals surface area contributed by atoms with Gasteiger partial charge in [-0.05, 0) is 43.3 Å². The predicted molar refractivity (Wildman–Crippen MR) is 89.8 cm³/mol. The molecule has 1 amide bonds. The summed E-state index contributed by atoms with van der Waals surface area (Å²) in [5.41, 5.74) is 4.37. The van der Waals surface area contributed by atoms with Crippen LogP contribution in [0, 0.1) is 6.92 Å². The second-order valence-corrected chi connectivity index (χ2v) is 4.97. The molecule has 0 aliphatic rings. The van der Waals surface area contributed by atoms with Gasteiger partial charge in [0.2, 0.25) is 0 Å². The fourth-order valence-electron chi connectivity index (χ4n) is 2.10. The van der Waals surface area contributed by atoms with Gasteiger partial charge in [0.15, 0.2) is 0 Å². The van der Waals surface area contributed by atoms with Gasteiger partial charge in [-0.25, -0.2) is 5.84 Å². The Labute approximate surface area is 135 Å². The van der Waals surface area contributed by atoms with Gasteiger partial charge in [0.25, 0.3) is 5.91 Å². The van der Waals surface area contributed by atoms with Crippen molar-refractivity contribution in [2.45, 2.75) is 6.92 Å². The summed E-state index contributed by atoms with van der Waals surface area (Å²) in [7, 11) is 1.62. The molecule has 0 saturated heterocycles. The lowest BCUT2D eigenvalue weighted by atomic mass is 10.1. The first-order chi connectivity index (χ1) is 11.1. The van der Waals surface area contributed by atoms with E-state index in [9.17, 15) is 4.79 Å². The van der Waals surface area contributed by atoms with Crippen molar-refractivity contribution >= 4 is 11.6 Å². The van der Waals surface area contributed by atoms with Gasteiger partial charge < -0.3 is 14.8 Å². The molecule has 2 rings (SSSR count). The monoisotopic (exact) mass is 315 g/mol. The van der Waals surface area contributed by atoms with Crippen LogP contribution in [0.3, 0.4) is 0 Å². The molecule has 0 aliphatic carbocycles. The Morgan fingerprint density at radius 3 is 2.48 bits per heavy atom. The second-order valence-electron chi connectivity index (χ2n) is 4.97. The molecule has 0 saturated carbocycles. The van der Waals surface area contributed by atoms with Crippen LogP contribution in [0.5, 0.6) is 11.5 Å². The van der Waals surface area contributed by atoms with E-state index in [0.29, 0.717) is 18.7 Å². The van der Waals surface area contributed by atoms with Crippen LogP contribution in [0.15, 0.2) is 42.5 Å². The van der Waals surface area contributed by atoms with Crippen LogP contribution >= 0.6 is 0 Å². The molecule has 0 heterocycles. The van der Waals surface area contributed by atoms with Gasteiger partial charge in [-0.1, -0.05) is 11.6 Å². The number of amides is 1. The quantitative estimate of drug-likeness (QED) is 0.315. The van der Waals surface area contributed by atoms with Crippen LogP contribution < -0.4 is 26.1 Å². The third-order valence-electron chi connectivity index (χ3n) is 3.30. The lowest BCUT2D eigenvalue weighted by molar-refractivity contribution is 0.0954. The molecular formula is C17H21N3O3. The maximum Gasteiger partial charge on any atom is 0.267 e. The lowest BCUT2D eigenvalue weighted by Gasteiger charge is -2.13. The van der Waals surface area contributed by atoms with Crippen molar-refractivity contribution < 1.29 is 14.3 Å². The van der Waals surface area contributed by atoms with Crippen molar-refractivity contribution in [1.82, 2.24) is 5.43 Å². The number of hydrazine groups is 1. The molecule has 6 nitrogen and oxygen atoms in total. The van der Waals surface area contributed by atoms with Crippen molar-refractivity contribution in [2.24, 2.45) is 5.84 Å². The van der Waals surface area contributed by atoms with E-state index in [-0.39, 0.29) is 5.91 Å². The van der Waals surface area contributed by atoms with E-state index in [1.807, 2.05) is 43.3 Å². The summed E-state index contributed by atoms with van der Waals surface area (Å²) in [6, 6.07) is 12.9. The van der Waals surface area contributed by atoms with E-state index in [0.717, 1.165) is 22.7 Å². The molecular weight excluding hydrogens is 294 g/mol. The first kappa shape index (κ1) is 16.6. The van der Waals surface area contributed by atoms with E-state index in [4.69, 9.17) is 15.3 Å². The van der Waals surface area contributed by atoms with E-state index < -0.39 is 0 Å². The number of carbonyl (C=O) groups is 1. The number of nitrogens with one attached hydrogen (secondary N) is 2. The third-order valence-corrected chi connectivity index (χ3v) is 3.30. The molecule has 122 valence electrons. The highest BCUT2D eigenvalue weighted by Gasteiger charge is 2.10. The first-order valence-electron chi connectivity index (χ1n) is 7.26. The molecule has 0 unspecified atom stereocenters. The summed E-state index contributed by atoms with van der Waals surface area (Å²) in [5.74, 6) is 6.43. The van der Waals surface area contributed by atoms with E-state index in [1.54, 1.807) is 13.2 Å². The second kappa shape index (κ2) is 8.05. The average molecular weight is 315 g/mol. The lowest BCUT2D eigenvalue weighted by Crippen LogP contribution is -2.31. The molecule has 4 N–H and O–H groups in total. The topological polar surface area (TPSA) is 85.6 Å². The number of anilines is 1. The summed E-state index contributed by atoms with van der Waals surface area (Å²) in [6.07, 6.45) is 0. The largest absolute Gasteiger partial charge is 0.497 e. The van der Waals surface area contributed by atoms with Gasteiger partial charge in [0.1, 0.15) is 18.1 Å². The Morgan fingerprint density at radius 1 is 1.13 bits per heavy atom. The minimum atomic E-state index is -0.327. The van der Waals surface area contributed by atoms with Gasteiger partial charge in [-0.2, -0.15) is 0 Å². The summed E-state index contributed by atoms with van der Waals surface area (Å²) in [4.78, 5) is 11.8. The van der Waals surface area contributed by atoms with Gasteiger partial charge in [-0.3, -0.25) is 10.2 Å². The van der Waals surface area contributed by atoms with Crippen LogP contribution in [0.4, 0.5) is 5.69 Å². The molecule has 2 aromatic rings. The Kier molecular flexibility index (Phi) is 5.82. The molecule has 0 spiro atoms. The van der Waals surface area contributed by atoms with Crippen molar-refractivity contribution in [1.29, 1.82) is 0 Å².